The van der Waals surface area contributed by atoms with Crippen LogP contribution in [-0.4, -0.2) is 15.8 Å². The van der Waals surface area contributed by atoms with Gasteiger partial charge in [-0.1, -0.05) is 18.2 Å². The number of hydrogen-bond donors (Lipinski definition) is 2. The molecule has 3 N–H and O–H groups in total. The number of para-hydroxylation sites is 1. The first-order chi connectivity index (χ1) is 7.22. The van der Waals surface area contributed by atoms with E-state index in [9.17, 15) is 5.11 Å². The van der Waals surface area contributed by atoms with Gasteiger partial charge in [-0.3, -0.25) is 0 Å². The van der Waals surface area contributed by atoms with Gasteiger partial charge in [0.15, 0.2) is 0 Å². The van der Waals surface area contributed by atoms with Crippen molar-refractivity contribution in [2.24, 2.45) is 5.73 Å². The molecule has 0 spiro atoms. The van der Waals surface area contributed by atoms with Crippen molar-refractivity contribution < 1.29 is 5.11 Å². The van der Waals surface area contributed by atoms with Crippen molar-refractivity contribution in [2.75, 3.05) is 0 Å². The molecule has 0 fully saturated rings. The van der Waals surface area contributed by atoms with E-state index >= 15 is 0 Å². The fraction of sp³-hybridized carbons (Fsp3) is 0.333. The number of aliphatic hydroxyl groups excluding tert-OH is 1. The highest BCUT2D eigenvalue weighted by molar-refractivity contribution is 5.83. The molecule has 0 aliphatic rings. The highest BCUT2D eigenvalue weighted by Crippen LogP contribution is 2.20. The van der Waals surface area contributed by atoms with E-state index in [1.54, 1.807) is 6.92 Å². The Morgan fingerprint density at radius 2 is 2.20 bits per heavy atom. The molecule has 0 aliphatic carbocycles. The average Bonchev–Trinajstić information content (AvgIpc) is 2.61. The number of hydrogen-bond acceptors (Lipinski definition) is 2. The first-order valence-electron chi connectivity index (χ1n) is 5.17. The molecule has 1 unspecified atom stereocenters. The Balaban J connectivity index is 2.55. The van der Waals surface area contributed by atoms with Gasteiger partial charge in [0.25, 0.3) is 0 Å². The summed E-state index contributed by atoms with van der Waals surface area (Å²) in [5.74, 6) is 0. The quantitative estimate of drug-likeness (QED) is 0.795. The first kappa shape index (κ1) is 10.2. The van der Waals surface area contributed by atoms with Crippen LogP contribution in [0.15, 0.2) is 30.5 Å². The molecule has 2 aromatic rings. The molecule has 15 heavy (non-hydrogen) atoms. The summed E-state index contributed by atoms with van der Waals surface area (Å²) >= 11 is 0. The van der Waals surface area contributed by atoms with Gasteiger partial charge < -0.3 is 15.4 Å². The number of benzene rings is 1. The zero-order chi connectivity index (χ0) is 10.8. The van der Waals surface area contributed by atoms with Gasteiger partial charge in [-0.15, -0.1) is 0 Å². The van der Waals surface area contributed by atoms with Gasteiger partial charge in [0, 0.05) is 19.3 Å². The summed E-state index contributed by atoms with van der Waals surface area (Å²) in [5.41, 5.74) is 7.96. The second-order valence-corrected chi connectivity index (χ2v) is 3.88. The minimum atomic E-state index is -0.341. The van der Waals surface area contributed by atoms with E-state index in [0.717, 1.165) is 11.1 Å². The number of aliphatic hydroxyl groups is 1. The molecule has 0 amide bonds. The maximum atomic E-state index is 9.40. The number of rotatable bonds is 3. The van der Waals surface area contributed by atoms with E-state index in [1.807, 2.05) is 18.3 Å². The molecule has 80 valence electrons. The largest absolute Gasteiger partial charge is 0.392 e. The normalized spacial score (nSPS) is 13.3. The lowest BCUT2D eigenvalue weighted by Gasteiger charge is -2.10. The summed E-state index contributed by atoms with van der Waals surface area (Å²) in [7, 11) is 0. The van der Waals surface area contributed by atoms with Gasteiger partial charge >= 0.3 is 0 Å². The van der Waals surface area contributed by atoms with Gasteiger partial charge in [-0.05, 0) is 23.9 Å². The van der Waals surface area contributed by atoms with E-state index < -0.39 is 0 Å². The zero-order valence-corrected chi connectivity index (χ0v) is 8.85. The molecule has 1 aromatic heterocycles. The fourth-order valence-corrected chi connectivity index (χ4v) is 1.94. The lowest BCUT2D eigenvalue weighted by molar-refractivity contribution is 0.175. The molecule has 3 nitrogen and oxygen atoms in total. The maximum absolute atomic E-state index is 9.40. The van der Waals surface area contributed by atoms with Crippen molar-refractivity contribution in [1.82, 2.24) is 4.57 Å². The van der Waals surface area contributed by atoms with E-state index in [-0.39, 0.29) is 6.10 Å². The van der Waals surface area contributed by atoms with E-state index in [2.05, 4.69) is 16.7 Å². The molecule has 0 radical (unpaired) electrons. The molecule has 2 rings (SSSR count). The van der Waals surface area contributed by atoms with Gasteiger partial charge in [0.05, 0.1) is 11.6 Å². The predicted molar refractivity (Wildman–Crippen MR) is 61.5 cm³/mol. The number of fused-ring (bicyclic) bond motifs is 1. The Hall–Kier alpha value is -1.32. The molecule has 1 aromatic carbocycles. The Kier molecular flexibility index (Phi) is 2.75. The minimum absolute atomic E-state index is 0.341. The Morgan fingerprint density at radius 1 is 1.40 bits per heavy atom. The van der Waals surface area contributed by atoms with Gasteiger partial charge in [0.2, 0.25) is 0 Å². The zero-order valence-electron chi connectivity index (χ0n) is 8.85. The molecule has 1 atom stereocenters. The van der Waals surface area contributed by atoms with Crippen LogP contribution in [0.1, 0.15) is 12.5 Å². The third-order valence-electron chi connectivity index (χ3n) is 2.55. The highest BCUT2D eigenvalue weighted by Gasteiger charge is 2.06. The Bertz CT molecular complexity index is 460. The standard InChI is InChI=1S/C12H16N2O/c1-9(15)8-14-6-5-10-3-2-4-11(7-13)12(10)14/h2-6,9,15H,7-8,13H2,1H3. The smallest absolute Gasteiger partial charge is 0.0691 e. The van der Waals surface area contributed by atoms with Crippen LogP contribution in [0.5, 0.6) is 0 Å². The van der Waals surface area contributed by atoms with Crippen LogP contribution in [0.25, 0.3) is 10.9 Å². The third kappa shape index (κ3) is 1.89. The predicted octanol–water partition coefficient (Wildman–Crippen LogP) is 1.48. The molecular weight excluding hydrogens is 188 g/mol. The highest BCUT2D eigenvalue weighted by atomic mass is 16.3. The second kappa shape index (κ2) is 4.04. The topological polar surface area (TPSA) is 51.2 Å². The summed E-state index contributed by atoms with van der Waals surface area (Å²) in [6, 6.07) is 8.15. The van der Waals surface area contributed by atoms with Crippen LogP contribution in [-0.2, 0) is 13.1 Å². The molecule has 0 aliphatic heterocycles. The second-order valence-electron chi connectivity index (χ2n) is 3.88. The van der Waals surface area contributed by atoms with Crippen molar-refractivity contribution in [3.8, 4) is 0 Å². The summed E-state index contributed by atoms with van der Waals surface area (Å²) in [4.78, 5) is 0. The number of aromatic nitrogens is 1. The van der Waals surface area contributed by atoms with Crippen LogP contribution in [0.2, 0.25) is 0 Å². The monoisotopic (exact) mass is 204 g/mol. The van der Waals surface area contributed by atoms with E-state index in [0.29, 0.717) is 13.1 Å². The Morgan fingerprint density at radius 3 is 2.87 bits per heavy atom. The molecule has 0 saturated carbocycles. The summed E-state index contributed by atoms with van der Waals surface area (Å²) in [6.45, 7) is 2.93. The third-order valence-corrected chi connectivity index (χ3v) is 2.55. The van der Waals surface area contributed by atoms with Crippen molar-refractivity contribution in [1.29, 1.82) is 0 Å². The van der Waals surface area contributed by atoms with Crippen molar-refractivity contribution in [3.05, 3.63) is 36.0 Å². The van der Waals surface area contributed by atoms with Gasteiger partial charge in [0.1, 0.15) is 0 Å². The molecule has 0 bridgehead atoms. The van der Waals surface area contributed by atoms with Crippen LogP contribution >= 0.6 is 0 Å². The van der Waals surface area contributed by atoms with Crippen LogP contribution < -0.4 is 5.73 Å². The first-order valence-corrected chi connectivity index (χ1v) is 5.17. The van der Waals surface area contributed by atoms with Crippen molar-refractivity contribution >= 4 is 10.9 Å². The van der Waals surface area contributed by atoms with Crippen molar-refractivity contribution in [2.45, 2.75) is 26.1 Å². The van der Waals surface area contributed by atoms with E-state index in [4.69, 9.17) is 5.73 Å². The molecule has 3 heteroatoms. The number of nitrogens with two attached hydrogens (primary N) is 1. The fourth-order valence-electron chi connectivity index (χ4n) is 1.94. The van der Waals surface area contributed by atoms with Gasteiger partial charge in [-0.2, -0.15) is 0 Å². The maximum Gasteiger partial charge on any atom is 0.0691 e. The number of nitrogens with zero attached hydrogens (tertiary/aromatic N) is 1. The van der Waals surface area contributed by atoms with Crippen LogP contribution in [0.3, 0.4) is 0 Å². The minimum Gasteiger partial charge on any atom is -0.392 e. The van der Waals surface area contributed by atoms with E-state index in [1.165, 1.54) is 5.39 Å². The molecular formula is C12H16N2O. The molecule has 0 saturated heterocycles. The summed E-state index contributed by atoms with van der Waals surface area (Å²) in [6.07, 6.45) is 1.66. The summed E-state index contributed by atoms with van der Waals surface area (Å²) < 4.78 is 2.06. The van der Waals surface area contributed by atoms with Gasteiger partial charge in [-0.25, -0.2) is 0 Å². The average molecular weight is 204 g/mol. The lowest BCUT2D eigenvalue weighted by Crippen LogP contribution is -2.11. The van der Waals surface area contributed by atoms with Crippen LogP contribution in [0, 0.1) is 0 Å². The SMILES string of the molecule is CC(O)Cn1ccc2cccc(CN)c21. The lowest BCUT2D eigenvalue weighted by atomic mass is 10.1. The molecule has 1 heterocycles. The summed E-state index contributed by atoms with van der Waals surface area (Å²) in [5, 5.41) is 10.6. The van der Waals surface area contributed by atoms with Crippen molar-refractivity contribution in [3.63, 3.8) is 0 Å². The van der Waals surface area contributed by atoms with Crippen LogP contribution in [0.4, 0.5) is 0 Å². The Labute approximate surface area is 89.1 Å².